The van der Waals surface area contributed by atoms with Crippen LogP contribution in [0.5, 0.6) is 0 Å². The molecule has 10 rings (SSSR count). The molecule has 314 valence electrons. The average molecular weight is 854 g/mol. The molecular weight excluding hydrogens is 817 g/mol. The van der Waals surface area contributed by atoms with E-state index in [1.807, 2.05) is 88.4 Å². The molecule has 2 aromatic heterocycles. The third-order valence-corrected chi connectivity index (χ3v) is 12.1. The second-order valence-electron chi connectivity index (χ2n) is 16.6. The van der Waals surface area contributed by atoms with Crippen LogP contribution in [0.1, 0.15) is 38.9 Å². The van der Waals surface area contributed by atoms with Gasteiger partial charge in [-0.15, -0.1) is 0 Å². The third-order valence-electron chi connectivity index (χ3n) is 12.1. The van der Waals surface area contributed by atoms with Crippen LogP contribution >= 0.6 is 0 Å². The van der Waals surface area contributed by atoms with Crippen molar-refractivity contribution in [2.75, 3.05) is 0 Å². The summed E-state index contributed by atoms with van der Waals surface area (Å²) in [5.41, 5.74) is 5.87. The molecule has 3 nitrogen and oxygen atoms in total. The van der Waals surface area contributed by atoms with Gasteiger partial charge in [0.15, 0.2) is 0 Å². The topological polar surface area (TPSA) is 33.6 Å². The van der Waals surface area contributed by atoms with Gasteiger partial charge in [0, 0.05) is 32.7 Å². The van der Waals surface area contributed by atoms with Crippen molar-refractivity contribution in [3.05, 3.63) is 191 Å². The summed E-state index contributed by atoms with van der Waals surface area (Å²) in [6.45, 7) is 8.04. The van der Waals surface area contributed by atoms with Gasteiger partial charge in [0.05, 0.1) is 56.2 Å². The number of para-hydroxylation sites is 2. The van der Waals surface area contributed by atoms with Gasteiger partial charge in [-0.25, -0.2) is 0 Å². The first-order chi connectivity index (χ1) is 30.6. The molecule has 0 amide bonds. The largest absolute Gasteiger partial charge is 0.417 e. The molecule has 0 unspecified atom stereocenters. The lowest BCUT2D eigenvalue weighted by Gasteiger charge is -2.25. The number of aryl methyl sites for hydroxylation is 4. The Hall–Kier alpha value is -7.57. The van der Waals surface area contributed by atoms with Crippen molar-refractivity contribution in [1.29, 1.82) is 5.26 Å². The highest BCUT2D eigenvalue weighted by Gasteiger charge is 2.43. The Bertz CT molecular complexity index is 3330. The predicted octanol–water partition coefficient (Wildman–Crippen LogP) is 16.0. The van der Waals surface area contributed by atoms with Gasteiger partial charge in [0.1, 0.15) is 0 Å². The zero-order chi connectivity index (χ0) is 44.8. The van der Waals surface area contributed by atoms with Crippen LogP contribution in [0, 0.1) is 39.0 Å². The Kier molecular flexibility index (Phi) is 9.35. The van der Waals surface area contributed by atoms with E-state index in [2.05, 4.69) is 42.5 Å². The molecule has 9 heteroatoms. The van der Waals surface area contributed by atoms with E-state index in [1.165, 1.54) is 12.1 Å². The lowest BCUT2D eigenvalue weighted by molar-refractivity contribution is -0.142. The molecular formula is C55H37F6N3. The van der Waals surface area contributed by atoms with Crippen molar-refractivity contribution in [3.8, 4) is 50.8 Å². The highest BCUT2D eigenvalue weighted by Crippen LogP contribution is 2.51. The fourth-order valence-electron chi connectivity index (χ4n) is 9.69. The van der Waals surface area contributed by atoms with Crippen LogP contribution < -0.4 is 0 Å². The molecule has 0 spiro atoms. The maximum absolute atomic E-state index is 15.5. The maximum atomic E-state index is 15.5. The molecule has 0 atom stereocenters. The van der Waals surface area contributed by atoms with Gasteiger partial charge in [-0.2, -0.15) is 31.6 Å². The highest BCUT2D eigenvalue weighted by molar-refractivity contribution is 6.13. The number of rotatable bonds is 5. The first-order valence-electron chi connectivity index (χ1n) is 20.7. The van der Waals surface area contributed by atoms with Crippen molar-refractivity contribution in [3.63, 3.8) is 0 Å². The van der Waals surface area contributed by atoms with Crippen molar-refractivity contribution in [1.82, 2.24) is 9.13 Å². The third kappa shape index (κ3) is 6.69. The van der Waals surface area contributed by atoms with Crippen LogP contribution in [0.25, 0.3) is 88.4 Å². The van der Waals surface area contributed by atoms with E-state index in [0.717, 1.165) is 72.1 Å². The molecule has 0 radical (unpaired) electrons. The quantitative estimate of drug-likeness (QED) is 0.159. The number of nitriles is 1. The lowest BCUT2D eigenvalue weighted by atomic mass is 9.89. The summed E-state index contributed by atoms with van der Waals surface area (Å²) in [5.74, 6) is 0. The number of nitrogens with zero attached hydrogens (tertiary/aromatic N) is 3. The number of alkyl halides is 6. The minimum Gasteiger partial charge on any atom is -0.308 e. The first kappa shape index (κ1) is 40.5. The normalized spacial score (nSPS) is 12.2. The maximum Gasteiger partial charge on any atom is 0.417 e. The Morgan fingerprint density at radius 3 is 1.17 bits per heavy atom. The van der Waals surface area contributed by atoms with Crippen LogP contribution in [0.3, 0.4) is 0 Å². The number of hydrogen-bond acceptors (Lipinski definition) is 1. The van der Waals surface area contributed by atoms with Crippen molar-refractivity contribution in [2.45, 2.75) is 40.0 Å². The Morgan fingerprint density at radius 1 is 0.391 bits per heavy atom. The van der Waals surface area contributed by atoms with Gasteiger partial charge < -0.3 is 9.13 Å². The number of fused-ring (bicyclic) bond motifs is 6. The zero-order valence-corrected chi connectivity index (χ0v) is 35.0. The van der Waals surface area contributed by atoms with Crippen molar-refractivity contribution in [2.24, 2.45) is 0 Å². The van der Waals surface area contributed by atoms with Gasteiger partial charge in [0.25, 0.3) is 0 Å². The van der Waals surface area contributed by atoms with E-state index in [-0.39, 0.29) is 22.5 Å². The number of benzene rings is 8. The average Bonchev–Trinajstić information content (AvgIpc) is 3.76. The van der Waals surface area contributed by atoms with Crippen LogP contribution in [0.15, 0.2) is 152 Å². The number of aromatic nitrogens is 2. The van der Waals surface area contributed by atoms with Gasteiger partial charge in [0.2, 0.25) is 0 Å². The van der Waals surface area contributed by atoms with Crippen LogP contribution in [0.2, 0.25) is 0 Å². The fourth-order valence-corrected chi connectivity index (χ4v) is 9.69. The minimum atomic E-state index is -5.21. The summed E-state index contributed by atoms with van der Waals surface area (Å²) < 4.78 is 96.4. The van der Waals surface area contributed by atoms with E-state index in [1.54, 1.807) is 33.4 Å². The smallest absolute Gasteiger partial charge is 0.308 e. The molecule has 2 heterocycles. The van der Waals surface area contributed by atoms with Crippen molar-refractivity contribution < 1.29 is 26.3 Å². The Balaban J connectivity index is 1.39. The molecule has 0 saturated carbocycles. The monoisotopic (exact) mass is 853 g/mol. The van der Waals surface area contributed by atoms with Crippen LogP contribution in [-0.4, -0.2) is 9.13 Å². The molecule has 8 aromatic carbocycles. The second-order valence-corrected chi connectivity index (χ2v) is 16.6. The lowest BCUT2D eigenvalue weighted by Crippen LogP contribution is -2.16. The van der Waals surface area contributed by atoms with Gasteiger partial charge in [-0.3, -0.25) is 0 Å². The van der Waals surface area contributed by atoms with Crippen LogP contribution in [-0.2, 0) is 12.4 Å². The highest BCUT2D eigenvalue weighted by atomic mass is 19.4. The standard InChI is InChI=1S/C55H37F6N3/c1-31-20-32(2)23-38(22-31)36-16-18-48-42(28-36)40-10-5-7-14-46(40)63(48)50-26-35(30-62)27-51(53(50)52-44(54(56,57)58)12-9-13-45(52)55(59,60)61)64-47-15-8-6-11-41(47)43-29-37(17-19-49(43)64)39-24-33(3)21-34(4)25-39/h5-29H,1-4H3. The Labute approximate surface area is 364 Å². The molecule has 0 saturated heterocycles. The second kappa shape index (κ2) is 14.8. The first-order valence-corrected chi connectivity index (χ1v) is 20.7. The molecule has 0 aliphatic heterocycles. The molecule has 0 aliphatic rings. The SMILES string of the molecule is Cc1cc(C)cc(-c2ccc3c(c2)c2ccccc2n3-c2cc(C#N)cc(-n3c4ccccc4c4cc(-c5cc(C)cc(C)c5)ccc43)c2-c2c(C(F)(F)F)cccc2C(F)(F)F)c1. The molecule has 0 aliphatic carbocycles. The predicted molar refractivity (Wildman–Crippen MR) is 245 cm³/mol. The number of halogens is 6. The summed E-state index contributed by atoms with van der Waals surface area (Å²) in [6.07, 6.45) is -10.4. The Morgan fingerprint density at radius 2 is 0.781 bits per heavy atom. The van der Waals surface area contributed by atoms with Gasteiger partial charge in [-0.05, 0) is 111 Å². The fraction of sp³-hybridized carbons (Fsp3) is 0.109. The summed E-state index contributed by atoms with van der Waals surface area (Å²) in [6, 6.07) is 45.7. The van der Waals surface area contributed by atoms with Crippen LogP contribution in [0.4, 0.5) is 26.3 Å². The van der Waals surface area contributed by atoms with E-state index >= 15 is 26.3 Å². The number of hydrogen-bond donors (Lipinski definition) is 0. The minimum absolute atomic E-state index is 0.0145. The zero-order valence-electron chi connectivity index (χ0n) is 35.0. The van der Waals surface area contributed by atoms with Gasteiger partial charge >= 0.3 is 12.4 Å². The molecule has 10 aromatic rings. The molecule has 0 N–H and O–H groups in total. The molecule has 64 heavy (non-hydrogen) atoms. The molecule has 0 bridgehead atoms. The summed E-state index contributed by atoms with van der Waals surface area (Å²) in [4.78, 5) is 0. The summed E-state index contributed by atoms with van der Waals surface area (Å²) in [7, 11) is 0. The summed E-state index contributed by atoms with van der Waals surface area (Å²) >= 11 is 0. The van der Waals surface area contributed by atoms with E-state index in [0.29, 0.717) is 34.2 Å². The van der Waals surface area contributed by atoms with E-state index < -0.39 is 29.0 Å². The molecule has 0 fully saturated rings. The van der Waals surface area contributed by atoms with Gasteiger partial charge in [-0.1, -0.05) is 113 Å². The van der Waals surface area contributed by atoms with E-state index in [4.69, 9.17) is 0 Å². The van der Waals surface area contributed by atoms with E-state index in [9.17, 15) is 5.26 Å². The van der Waals surface area contributed by atoms with Crippen molar-refractivity contribution >= 4 is 43.6 Å². The summed E-state index contributed by atoms with van der Waals surface area (Å²) in [5, 5.41) is 13.7.